The molecule has 0 amide bonds. The minimum Gasteiger partial charge on any atom is -0.495 e. The van der Waals surface area contributed by atoms with Crippen molar-refractivity contribution in [3.8, 4) is 5.75 Å². The second-order valence-corrected chi connectivity index (χ2v) is 3.13. The van der Waals surface area contributed by atoms with E-state index in [1.165, 1.54) is 0 Å². The highest BCUT2D eigenvalue weighted by molar-refractivity contribution is 5.26. The van der Waals surface area contributed by atoms with Crippen molar-refractivity contribution in [1.82, 2.24) is 4.98 Å². The van der Waals surface area contributed by atoms with Crippen molar-refractivity contribution in [3.63, 3.8) is 0 Å². The van der Waals surface area contributed by atoms with Crippen LogP contribution < -0.4 is 10.5 Å². The summed E-state index contributed by atoms with van der Waals surface area (Å²) in [6, 6.07) is 4.23. The molecule has 0 spiro atoms. The fourth-order valence-corrected chi connectivity index (χ4v) is 1.29. The van der Waals surface area contributed by atoms with Crippen LogP contribution in [0.5, 0.6) is 5.75 Å². The lowest BCUT2D eigenvalue weighted by Gasteiger charge is -2.00. The first-order chi connectivity index (χ1) is 5.81. The number of aromatic nitrogens is 1. The molecule has 0 aliphatic heterocycles. The second-order valence-electron chi connectivity index (χ2n) is 3.13. The van der Waals surface area contributed by atoms with E-state index in [1.54, 1.807) is 13.3 Å². The van der Waals surface area contributed by atoms with Crippen LogP contribution in [0.15, 0.2) is 18.3 Å². The molecule has 2 N–H and O–H groups in total. The summed E-state index contributed by atoms with van der Waals surface area (Å²) in [6.45, 7) is 0. The number of nitrogens with zero attached hydrogens (tertiary/aromatic N) is 1. The number of ether oxygens (including phenoxy) is 1. The molecule has 1 aliphatic carbocycles. The molecule has 2 unspecified atom stereocenters. The van der Waals surface area contributed by atoms with Gasteiger partial charge in [-0.1, -0.05) is 0 Å². The van der Waals surface area contributed by atoms with Gasteiger partial charge in [0.25, 0.3) is 0 Å². The van der Waals surface area contributed by atoms with E-state index >= 15 is 0 Å². The summed E-state index contributed by atoms with van der Waals surface area (Å²) in [4.78, 5) is 4.26. The molecule has 1 fully saturated rings. The zero-order valence-electron chi connectivity index (χ0n) is 7.03. The molecule has 1 heterocycles. The van der Waals surface area contributed by atoms with Gasteiger partial charge in [-0.2, -0.15) is 0 Å². The van der Waals surface area contributed by atoms with Crippen molar-refractivity contribution in [2.45, 2.75) is 18.4 Å². The van der Waals surface area contributed by atoms with Crippen molar-refractivity contribution in [2.24, 2.45) is 5.73 Å². The highest BCUT2D eigenvalue weighted by Gasteiger charge is 2.35. The van der Waals surface area contributed by atoms with Crippen LogP contribution in [0.25, 0.3) is 0 Å². The third-order valence-electron chi connectivity index (χ3n) is 2.21. The van der Waals surface area contributed by atoms with E-state index in [0.717, 1.165) is 17.9 Å². The van der Waals surface area contributed by atoms with Crippen LogP contribution in [-0.4, -0.2) is 18.1 Å². The van der Waals surface area contributed by atoms with Crippen molar-refractivity contribution in [2.75, 3.05) is 7.11 Å². The van der Waals surface area contributed by atoms with E-state index in [-0.39, 0.29) is 0 Å². The number of pyridine rings is 1. The van der Waals surface area contributed by atoms with E-state index in [4.69, 9.17) is 10.5 Å². The molecule has 64 valence electrons. The van der Waals surface area contributed by atoms with Gasteiger partial charge in [-0.05, 0) is 18.6 Å². The summed E-state index contributed by atoms with van der Waals surface area (Å²) in [5.41, 5.74) is 6.78. The van der Waals surface area contributed by atoms with Crippen LogP contribution in [0.2, 0.25) is 0 Å². The van der Waals surface area contributed by atoms with Crippen LogP contribution in [0.4, 0.5) is 0 Å². The normalized spacial score (nSPS) is 26.8. The van der Waals surface area contributed by atoms with Crippen LogP contribution >= 0.6 is 0 Å². The molecule has 1 aromatic heterocycles. The molecule has 12 heavy (non-hydrogen) atoms. The first-order valence-electron chi connectivity index (χ1n) is 4.07. The number of hydrogen-bond acceptors (Lipinski definition) is 3. The smallest absolute Gasteiger partial charge is 0.137 e. The lowest BCUT2D eigenvalue weighted by atomic mass is 10.2. The summed E-state index contributed by atoms with van der Waals surface area (Å²) in [5.74, 6) is 1.28. The number of rotatable bonds is 2. The van der Waals surface area contributed by atoms with Crippen molar-refractivity contribution >= 4 is 0 Å². The summed E-state index contributed by atoms with van der Waals surface area (Å²) in [5, 5.41) is 0. The first-order valence-corrected chi connectivity index (χ1v) is 4.07. The Morgan fingerprint density at radius 2 is 2.33 bits per heavy atom. The Morgan fingerprint density at radius 1 is 1.58 bits per heavy atom. The lowest BCUT2D eigenvalue weighted by Crippen LogP contribution is -2.01. The quantitative estimate of drug-likeness (QED) is 0.706. The van der Waals surface area contributed by atoms with Gasteiger partial charge in [-0.15, -0.1) is 0 Å². The largest absolute Gasteiger partial charge is 0.495 e. The predicted molar refractivity (Wildman–Crippen MR) is 46.1 cm³/mol. The van der Waals surface area contributed by atoms with Gasteiger partial charge in [0.1, 0.15) is 5.75 Å². The van der Waals surface area contributed by atoms with E-state index in [2.05, 4.69) is 4.98 Å². The molecule has 3 heteroatoms. The van der Waals surface area contributed by atoms with Gasteiger partial charge >= 0.3 is 0 Å². The maximum absolute atomic E-state index is 5.70. The third-order valence-corrected chi connectivity index (χ3v) is 2.21. The fraction of sp³-hybridized carbons (Fsp3) is 0.444. The van der Waals surface area contributed by atoms with Gasteiger partial charge in [-0.3, -0.25) is 4.98 Å². The van der Waals surface area contributed by atoms with Gasteiger partial charge in [0.15, 0.2) is 0 Å². The van der Waals surface area contributed by atoms with Crippen LogP contribution in [0.3, 0.4) is 0 Å². The van der Waals surface area contributed by atoms with E-state index < -0.39 is 0 Å². The first kappa shape index (κ1) is 7.55. The highest BCUT2D eigenvalue weighted by atomic mass is 16.5. The number of nitrogens with two attached hydrogens (primary N) is 1. The molecule has 0 saturated heterocycles. The molecule has 0 bridgehead atoms. The zero-order valence-corrected chi connectivity index (χ0v) is 7.03. The number of methoxy groups -OCH3 is 1. The minimum atomic E-state index is 0.325. The SMILES string of the molecule is COc1ccc(C2CC2N)nc1. The molecular formula is C9H12N2O. The predicted octanol–water partition coefficient (Wildman–Crippen LogP) is 0.905. The zero-order chi connectivity index (χ0) is 8.55. The average Bonchev–Trinajstić information content (AvgIpc) is 2.83. The third kappa shape index (κ3) is 1.28. The van der Waals surface area contributed by atoms with Gasteiger partial charge in [0.2, 0.25) is 0 Å². The average molecular weight is 164 g/mol. The summed E-state index contributed by atoms with van der Waals surface area (Å²) < 4.78 is 5.00. The second kappa shape index (κ2) is 2.75. The topological polar surface area (TPSA) is 48.1 Å². The van der Waals surface area contributed by atoms with Gasteiger partial charge in [0.05, 0.1) is 13.3 Å². The molecule has 1 saturated carbocycles. The fourth-order valence-electron chi connectivity index (χ4n) is 1.29. The van der Waals surface area contributed by atoms with Crippen molar-refractivity contribution in [3.05, 3.63) is 24.0 Å². The Morgan fingerprint density at radius 3 is 2.75 bits per heavy atom. The Hall–Kier alpha value is -1.09. The lowest BCUT2D eigenvalue weighted by molar-refractivity contribution is 0.412. The molecule has 2 atom stereocenters. The Labute approximate surface area is 71.6 Å². The maximum atomic E-state index is 5.70. The van der Waals surface area contributed by atoms with Gasteiger partial charge < -0.3 is 10.5 Å². The van der Waals surface area contributed by atoms with Crippen LogP contribution in [0, 0.1) is 0 Å². The standard InChI is InChI=1S/C9H12N2O/c1-12-6-2-3-9(11-5-6)7-4-8(7)10/h2-3,5,7-8H,4,10H2,1H3. The molecule has 1 aromatic rings. The Bertz CT molecular complexity index is 270. The number of hydrogen-bond donors (Lipinski definition) is 1. The van der Waals surface area contributed by atoms with Crippen molar-refractivity contribution < 1.29 is 4.74 Å². The summed E-state index contributed by atoms with van der Waals surface area (Å²) in [7, 11) is 1.64. The van der Waals surface area contributed by atoms with Crippen LogP contribution in [-0.2, 0) is 0 Å². The minimum absolute atomic E-state index is 0.325. The molecule has 0 aromatic carbocycles. The Balaban J connectivity index is 2.14. The molecule has 1 aliphatic rings. The van der Waals surface area contributed by atoms with E-state index in [0.29, 0.717) is 12.0 Å². The van der Waals surface area contributed by atoms with E-state index in [9.17, 15) is 0 Å². The molecular weight excluding hydrogens is 152 g/mol. The summed E-state index contributed by atoms with van der Waals surface area (Å²) >= 11 is 0. The highest BCUT2D eigenvalue weighted by Crippen LogP contribution is 2.37. The molecule has 2 rings (SSSR count). The maximum Gasteiger partial charge on any atom is 0.137 e. The molecule has 0 radical (unpaired) electrons. The Kier molecular flexibility index (Phi) is 1.73. The van der Waals surface area contributed by atoms with Gasteiger partial charge in [0, 0.05) is 17.7 Å². The monoisotopic (exact) mass is 164 g/mol. The van der Waals surface area contributed by atoms with Crippen LogP contribution in [0.1, 0.15) is 18.0 Å². The molecule has 3 nitrogen and oxygen atoms in total. The van der Waals surface area contributed by atoms with E-state index in [1.807, 2.05) is 12.1 Å². The van der Waals surface area contributed by atoms with Gasteiger partial charge in [-0.25, -0.2) is 0 Å². The van der Waals surface area contributed by atoms with Crippen molar-refractivity contribution in [1.29, 1.82) is 0 Å². The summed E-state index contributed by atoms with van der Waals surface area (Å²) in [6.07, 6.45) is 2.81.